The van der Waals surface area contributed by atoms with Gasteiger partial charge in [0.2, 0.25) is 15.2 Å². The Hall–Kier alpha value is 1.53. The summed E-state index contributed by atoms with van der Waals surface area (Å²) in [4.78, 5) is 0. The van der Waals surface area contributed by atoms with Crippen molar-refractivity contribution in [3.8, 4) is 0 Å². The SMILES string of the molecule is C[CH](C)[Al][CH](C)C.[H-].[Na+]. The quantitative estimate of drug-likeness (QED) is 0.448. The van der Waals surface area contributed by atoms with E-state index in [-0.39, 0.29) is 31.0 Å². The van der Waals surface area contributed by atoms with Gasteiger partial charge in [-0.1, -0.05) is 37.3 Å². The van der Waals surface area contributed by atoms with Gasteiger partial charge in [0.15, 0.2) is 0 Å². The molecule has 1 radical (unpaired) electrons. The van der Waals surface area contributed by atoms with Crippen molar-refractivity contribution >= 4 is 15.2 Å². The Morgan fingerprint density at radius 1 is 1.00 bits per heavy atom. The van der Waals surface area contributed by atoms with E-state index in [0.717, 1.165) is 9.56 Å². The van der Waals surface area contributed by atoms with E-state index in [1.165, 1.54) is 0 Å². The van der Waals surface area contributed by atoms with E-state index < -0.39 is 0 Å². The van der Waals surface area contributed by atoms with Gasteiger partial charge in [-0.2, -0.15) is 0 Å². The van der Waals surface area contributed by atoms with E-state index >= 15 is 0 Å². The largest absolute Gasteiger partial charge is 1.00 e. The summed E-state index contributed by atoms with van der Waals surface area (Å²) in [5.74, 6) is 0. The van der Waals surface area contributed by atoms with Crippen molar-refractivity contribution in [3.05, 3.63) is 0 Å². The number of hydrogen-bond acceptors (Lipinski definition) is 0. The fourth-order valence-corrected chi connectivity index (χ4v) is 2.31. The summed E-state index contributed by atoms with van der Waals surface area (Å²) in [6, 6.07) is 0. The molecule has 0 rings (SSSR count). The van der Waals surface area contributed by atoms with E-state index in [2.05, 4.69) is 27.7 Å². The van der Waals surface area contributed by atoms with Gasteiger partial charge in [-0.05, 0) is 0 Å². The summed E-state index contributed by atoms with van der Waals surface area (Å²) in [7, 11) is 0. The van der Waals surface area contributed by atoms with Crippen LogP contribution in [0.5, 0.6) is 0 Å². The van der Waals surface area contributed by atoms with Crippen molar-refractivity contribution in [2.75, 3.05) is 0 Å². The summed E-state index contributed by atoms with van der Waals surface area (Å²) in [5.41, 5.74) is 0. The molecule has 8 heavy (non-hydrogen) atoms. The summed E-state index contributed by atoms with van der Waals surface area (Å²) in [6.07, 6.45) is 0. The molecule has 0 saturated heterocycles. The monoisotopic (exact) mass is 137 g/mol. The summed E-state index contributed by atoms with van der Waals surface area (Å²) >= 11 is 0.713. The fraction of sp³-hybridized carbons (Fsp3) is 1.00. The van der Waals surface area contributed by atoms with Crippen LogP contribution in [-0.2, 0) is 0 Å². The van der Waals surface area contributed by atoms with E-state index in [9.17, 15) is 0 Å². The first kappa shape index (κ1) is 12.2. The van der Waals surface area contributed by atoms with Crippen molar-refractivity contribution in [3.63, 3.8) is 0 Å². The van der Waals surface area contributed by atoms with Crippen LogP contribution in [0, 0.1) is 0 Å². The standard InChI is InChI=1S/2C3H7.Al.Na.H/c2*1-3-2;;;/h2*3H,1-2H3;;;/q;;;+1;-1. The van der Waals surface area contributed by atoms with E-state index in [1.807, 2.05) is 0 Å². The van der Waals surface area contributed by atoms with Gasteiger partial charge in [-0.3, -0.25) is 0 Å². The number of hydrogen-bond donors (Lipinski definition) is 0. The van der Waals surface area contributed by atoms with Crippen LogP contribution in [0.25, 0.3) is 0 Å². The molecule has 0 N–H and O–H groups in total. The third-order valence-corrected chi connectivity index (χ3v) is 2.31. The van der Waals surface area contributed by atoms with Gasteiger partial charge in [0.1, 0.15) is 0 Å². The van der Waals surface area contributed by atoms with Crippen molar-refractivity contribution in [2.24, 2.45) is 0 Å². The molecular weight excluding hydrogens is 122 g/mol. The molecule has 0 atom stereocenters. The minimum atomic E-state index is 0. The molecule has 0 saturated carbocycles. The normalized spacial score (nSPS) is 9.25. The molecule has 2 heteroatoms. The molecule has 0 aliphatic rings. The molecule has 0 spiro atoms. The second-order valence-corrected chi connectivity index (χ2v) is 5.73. The fourth-order valence-electron chi connectivity index (χ4n) is 0.770. The molecule has 43 valence electrons. The molecule has 0 aliphatic heterocycles. The zero-order chi connectivity index (χ0) is 5.86. The Kier molecular flexibility index (Phi) is 10.2. The molecule has 0 heterocycles. The molecule has 0 nitrogen and oxygen atoms in total. The molecule has 0 amide bonds. The second kappa shape index (κ2) is 6.65. The van der Waals surface area contributed by atoms with Crippen LogP contribution in [0.15, 0.2) is 0 Å². The maximum atomic E-state index is 2.30. The van der Waals surface area contributed by atoms with Crippen molar-refractivity contribution in [1.82, 2.24) is 0 Å². The molecule has 0 unspecified atom stereocenters. The van der Waals surface area contributed by atoms with E-state index in [1.54, 1.807) is 0 Å². The predicted molar refractivity (Wildman–Crippen MR) is 37.1 cm³/mol. The Morgan fingerprint density at radius 2 is 1.25 bits per heavy atom. The Labute approximate surface area is 82.9 Å². The molecule has 0 bridgehead atoms. The van der Waals surface area contributed by atoms with Crippen LogP contribution in [0.1, 0.15) is 29.1 Å². The minimum absolute atomic E-state index is 0. The van der Waals surface area contributed by atoms with Crippen LogP contribution in [0.2, 0.25) is 9.56 Å². The molecule has 0 aromatic heterocycles. The average molecular weight is 137 g/mol. The molecule has 0 aromatic carbocycles. The summed E-state index contributed by atoms with van der Waals surface area (Å²) in [5, 5.41) is 0. The van der Waals surface area contributed by atoms with Gasteiger partial charge >= 0.3 is 29.6 Å². The Bertz CT molecular complexity index is 42.3. The van der Waals surface area contributed by atoms with E-state index in [0.29, 0.717) is 15.2 Å². The van der Waals surface area contributed by atoms with Crippen LogP contribution >= 0.6 is 0 Å². The Balaban J connectivity index is -0.000000180. The first-order valence-corrected chi connectivity index (χ1v) is 4.31. The predicted octanol–water partition coefficient (Wildman–Crippen LogP) is -0.536. The van der Waals surface area contributed by atoms with Gasteiger partial charge in [-0.15, -0.1) is 0 Å². The molecule has 0 aliphatic carbocycles. The van der Waals surface area contributed by atoms with Crippen molar-refractivity contribution in [2.45, 2.75) is 37.3 Å². The van der Waals surface area contributed by atoms with Crippen LogP contribution in [-0.4, -0.2) is 15.2 Å². The van der Waals surface area contributed by atoms with Gasteiger partial charge in [0, 0.05) is 0 Å². The Morgan fingerprint density at radius 3 is 1.25 bits per heavy atom. The zero-order valence-corrected chi connectivity index (χ0v) is 9.89. The topological polar surface area (TPSA) is 0 Å². The summed E-state index contributed by atoms with van der Waals surface area (Å²) < 4.78 is 1.92. The molecule has 0 fully saturated rings. The van der Waals surface area contributed by atoms with Crippen molar-refractivity contribution in [1.29, 1.82) is 0 Å². The molecular formula is C6H15AlNa. The van der Waals surface area contributed by atoms with Gasteiger partial charge < -0.3 is 1.43 Å². The maximum Gasteiger partial charge on any atom is 1.00 e. The van der Waals surface area contributed by atoms with Gasteiger partial charge in [-0.25, -0.2) is 0 Å². The van der Waals surface area contributed by atoms with Gasteiger partial charge in [0.05, 0.1) is 0 Å². The van der Waals surface area contributed by atoms with Gasteiger partial charge in [0.25, 0.3) is 0 Å². The minimum Gasteiger partial charge on any atom is -1.00 e. The third-order valence-electron chi connectivity index (χ3n) is 0.770. The van der Waals surface area contributed by atoms with Crippen LogP contribution in [0.3, 0.4) is 0 Å². The molecule has 0 aromatic rings. The number of rotatable bonds is 2. The zero-order valence-electron chi connectivity index (χ0n) is 7.73. The summed E-state index contributed by atoms with van der Waals surface area (Å²) in [6.45, 7) is 9.20. The first-order valence-electron chi connectivity index (χ1n) is 2.98. The maximum absolute atomic E-state index is 2.30. The first-order chi connectivity index (χ1) is 3.13. The average Bonchev–Trinajstić information content (AvgIpc) is 1.27. The smallest absolute Gasteiger partial charge is 1.00 e. The third kappa shape index (κ3) is 10.5. The van der Waals surface area contributed by atoms with Crippen LogP contribution in [0.4, 0.5) is 0 Å². The second-order valence-electron chi connectivity index (χ2n) is 2.68. The van der Waals surface area contributed by atoms with Crippen molar-refractivity contribution < 1.29 is 31.0 Å². The van der Waals surface area contributed by atoms with Crippen LogP contribution < -0.4 is 29.6 Å². The van der Waals surface area contributed by atoms with E-state index in [4.69, 9.17) is 0 Å².